The average Bonchev–Trinajstić information content (AvgIpc) is 2.38. The van der Waals surface area contributed by atoms with Crippen LogP contribution < -0.4 is 5.32 Å². The SMILES string of the molecule is C[C@@H](NC1CCCCC1C(C)(C)C)c1ccc(Cl)cc1. The number of halogens is 1. The molecular weight excluding hydrogens is 266 g/mol. The Balaban J connectivity index is 2.05. The summed E-state index contributed by atoms with van der Waals surface area (Å²) in [5, 5.41) is 4.68. The van der Waals surface area contributed by atoms with Crippen LogP contribution in [0, 0.1) is 11.3 Å². The van der Waals surface area contributed by atoms with Crippen molar-refractivity contribution in [2.45, 2.75) is 65.5 Å². The Labute approximate surface area is 129 Å². The Kier molecular flexibility index (Phi) is 5.14. The van der Waals surface area contributed by atoms with E-state index in [2.05, 4.69) is 45.1 Å². The van der Waals surface area contributed by atoms with Crippen molar-refractivity contribution in [1.82, 2.24) is 5.32 Å². The molecule has 2 unspecified atom stereocenters. The Morgan fingerprint density at radius 2 is 1.70 bits per heavy atom. The van der Waals surface area contributed by atoms with Crippen molar-refractivity contribution in [3.63, 3.8) is 0 Å². The van der Waals surface area contributed by atoms with Gasteiger partial charge in [0.2, 0.25) is 0 Å². The maximum atomic E-state index is 5.97. The molecule has 0 spiro atoms. The topological polar surface area (TPSA) is 12.0 Å². The van der Waals surface area contributed by atoms with Gasteiger partial charge in [-0.1, -0.05) is 57.3 Å². The molecule has 1 aliphatic carbocycles. The quantitative estimate of drug-likeness (QED) is 0.765. The molecule has 0 amide bonds. The number of rotatable bonds is 3. The largest absolute Gasteiger partial charge is 0.307 e. The van der Waals surface area contributed by atoms with E-state index in [1.54, 1.807) is 0 Å². The first-order valence-electron chi connectivity index (χ1n) is 7.89. The molecule has 1 N–H and O–H groups in total. The maximum absolute atomic E-state index is 5.97. The van der Waals surface area contributed by atoms with Crippen LogP contribution in [0.3, 0.4) is 0 Å². The lowest BCUT2D eigenvalue weighted by molar-refractivity contribution is 0.124. The highest BCUT2D eigenvalue weighted by Gasteiger charge is 2.34. The van der Waals surface area contributed by atoms with Crippen LogP contribution in [0.5, 0.6) is 0 Å². The molecule has 0 heterocycles. The fourth-order valence-electron chi connectivity index (χ4n) is 3.54. The molecule has 0 bridgehead atoms. The molecule has 1 nitrogen and oxygen atoms in total. The fourth-order valence-corrected chi connectivity index (χ4v) is 3.66. The Morgan fingerprint density at radius 3 is 2.30 bits per heavy atom. The molecule has 1 aromatic carbocycles. The Bertz CT molecular complexity index is 418. The molecule has 20 heavy (non-hydrogen) atoms. The number of nitrogens with one attached hydrogen (secondary N) is 1. The summed E-state index contributed by atoms with van der Waals surface area (Å²) >= 11 is 5.97. The van der Waals surface area contributed by atoms with Crippen molar-refractivity contribution in [2.24, 2.45) is 11.3 Å². The van der Waals surface area contributed by atoms with Crippen molar-refractivity contribution in [3.05, 3.63) is 34.9 Å². The molecule has 0 aliphatic heterocycles. The van der Waals surface area contributed by atoms with E-state index in [9.17, 15) is 0 Å². The lowest BCUT2D eigenvalue weighted by atomic mass is 9.69. The second-order valence-corrected chi connectivity index (χ2v) is 7.74. The van der Waals surface area contributed by atoms with Crippen molar-refractivity contribution >= 4 is 11.6 Å². The van der Waals surface area contributed by atoms with E-state index in [0.29, 0.717) is 17.5 Å². The van der Waals surface area contributed by atoms with Gasteiger partial charge >= 0.3 is 0 Å². The molecule has 2 rings (SSSR count). The summed E-state index contributed by atoms with van der Waals surface area (Å²) < 4.78 is 0. The van der Waals surface area contributed by atoms with Crippen molar-refractivity contribution in [1.29, 1.82) is 0 Å². The summed E-state index contributed by atoms with van der Waals surface area (Å²) in [6.45, 7) is 9.40. The summed E-state index contributed by atoms with van der Waals surface area (Å²) in [5.74, 6) is 0.769. The van der Waals surface area contributed by atoms with Crippen LogP contribution in [0.25, 0.3) is 0 Å². The molecule has 0 radical (unpaired) electrons. The second-order valence-electron chi connectivity index (χ2n) is 7.30. The van der Waals surface area contributed by atoms with Crippen LogP contribution in [0.2, 0.25) is 5.02 Å². The van der Waals surface area contributed by atoms with E-state index < -0.39 is 0 Å². The minimum atomic E-state index is 0.387. The molecule has 3 atom stereocenters. The van der Waals surface area contributed by atoms with Gasteiger partial charge in [-0.05, 0) is 48.8 Å². The molecule has 0 aromatic heterocycles. The van der Waals surface area contributed by atoms with Gasteiger partial charge in [0.15, 0.2) is 0 Å². The lowest BCUT2D eigenvalue weighted by Gasteiger charge is -2.42. The zero-order valence-corrected chi connectivity index (χ0v) is 14.0. The van der Waals surface area contributed by atoms with Crippen LogP contribution in [0.15, 0.2) is 24.3 Å². The highest BCUT2D eigenvalue weighted by atomic mass is 35.5. The van der Waals surface area contributed by atoms with E-state index in [4.69, 9.17) is 11.6 Å². The molecular formula is C18H28ClN. The molecule has 112 valence electrons. The molecule has 0 saturated heterocycles. The lowest BCUT2D eigenvalue weighted by Crippen LogP contribution is -2.45. The number of hydrogen-bond acceptors (Lipinski definition) is 1. The third-order valence-corrected chi connectivity index (χ3v) is 4.96. The van der Waals surface area contributed by atoms with Crippen LogP contribution in [-0.4, -0.2) is 6.04 Å². The summed E-state index contributed by atoms with van der Waals surface area (Å²) in [4.78, 5) is 0. The van der Waals surface area contributed by atoms with Gasteiger partial charge in [-0.15, -0.1) is 0 Å². The van der Waals surface area contributed by atoms with Crippen LogP contribution >= 0.6 is 11.6 Å². The van der Waals surface area contributed by atoms with Gasteiger partial charge in [-0.2, -0.15) is 0 Å². The summed E-state index contributed by atoms with van der Waals surface area (Å²) in [6, 6.07) is 9.26. The van der Waals surface area contributed by atoms with Gasteiger partial charge in [0.05, 0.1) is 0 Å². The smallest absolute Gasteiger partial charge is 0.0406 e. The third-order valence-electron chi connectivity index (χ3n) is 4.71. The standard InChI is InChI=1S/C18H28ClN/c1-13(14-9-11-15(19)12-10-14)20-17-8-6-5-7-16(17)18(2,3)4/h9-13,16-17,20H,5-8H2,1-4H3/t13-,16?,17?/m1/s1. The third kappa shape index (κ3) is 3.99. The first kappa shape index (κ1) is 15.9. The summed E-state index contributed by atoms with van der Waals surface area (Å²) in [5.41, 5.74) is 1.71. The van der Waals surface area contributed by atoms with E-state index in [1.807, 2.05) is 12.1 Å². The summed E-state index contributed by atoms with van der Waals surface area (Å²) in [6.07, 6.45) is 5.40. The highest BCUT2D eigenvalue weighted by Crippen LogP contribution is 2.38. The molecule has 1 fully saturated rings. The second kappa shape index (κ2) is 6.49. The van der Waals surface area contributed by atoms with Crippen LogP contribution in [0.4, 0.5) is 0 Å². The predicted octanol–water partition coefficient (Wildman–Crippen LogP) is 5.60. The highest BCUT2D eigenvalue weighted by molar-refractivity contribution is 6.30. The van der Waals surface area contributed by atoms with Gasteiger partial charge < -0.3 is 5.32 Å². The van der Waals surface area contributed by atoms with Crippen LogP contribution in [-0.2, 0) is 0 Å². The predicted molar refractivity (Wildman–Crippen MR) is 88.2 cm³/mol. The average molecular weight is 294 g/mol. The van der Waals surface area contributed by atoms with Crippen molar-refractivity contribution in [3.8, 4) is 0 Å². The zero-order chi connectivity index (χ0) is 14.8. The van der Waals surface area contributed by atoms with Gasteiger partial charge in [-0.3, -0.25) is 0 Å². The van der Waals surface area contributed by atoms with Gasteiger partial charge in [0, 0.05) is 17.1 Å². The van der Waals surface area contributed by atoms with E-state index in [-0.39, 0.29) is 0 Å². The van der Waals surface area contributed by atoms with E-state index in [1.165, 1.54) is 31.2 Å². The minimum absolute atomic E-state index is 0.387. The van der Waals surface area contributed by atoms with Crippen molar-refractivity contribution < 1.29 is 0 Å². The Morgan fingerprint density at radius 1 is 1.10 bits per heavy atom. The van der Waals surface area contributed by atoms with Crippen molar-refractivity contribution in [2.75, 3.05) is 0 Å². The molecule has 1 aliphatic rings. The van der Waals surface area contributed by atoms with Gasteiger partial charge in [0.1, 0.15) is 0 Å². The summed E-state index contributed by atoms with van der Waals surface area (Å²) in [7, 11) is 0. The number of hydrogen-bond donors (Lipinski definition) is 1. The number of benzene rings is 1. The fraction of sp³-hybridized carbons (Fsp3) is 0.667. The van der Waals surface area contributed by atoms with Gasteiger partial charge in [-0.25, -0.2) is 0 Å². The van der Waals surface area contributed by atoms with E-state index >= 15 is 0 Å². The minimum Gasteiger partial charge on any atom is -0.307 e. The zero-order valence-electron chi connectivity index (χ0n) is 13.2. The Hall–Kier alpha value is -0.530. The normalized spacial score (nSPS) is 25.4. The first-order chi connectivity index (χ1) is 9.38. The van der Waals surface area contributed by atoms with Gasteiger partial charge in [0.25, 0.3) is 0 Å². The van der Waals surface area contributed by atoms with E-state index in [0.717, 1.165) is 10.9 Å². The van der Waals surface area contributed by atoms with Crippen LogP contribution in [0.1, 0.15) is 65.0 Å². The molecule has 1 saturated carbocycles. The monoisotopic (exact) mass is 293 g/mol. The molecule has 1 aromatic rings. The first-order valence-corrected chi connectivity index (χ1v) is 8.27. The maximum Gasteiger partial charge on any atom is 0.0406 e. The molecule has 2 heteroatoms.